The number of ether oxygens (including phenoxy) is 1. The number of hydrogen-bond donors (Lipinski definition) is 1. The molecule has 1 aromatic carbocycles. The van der Waals surface area contributed by atoms with Crippen LogP contribution >= 0.6 is 11.6 Å². The summed E-state index contributed by atoms with van der Waals surface area (Å²) in [6.07, 6.45) is 0.121. The van der Waals surface area contributed by atoms with Crippen molar-refractivity contribution in [2.75, 3.05) is 0 Å². The molecule has 2 aromatic rings. The Hall–Kier alpha value is -1.75. The second-order valence-corrected chi connectivity index (χ2v) is 5.83. The van der Waals surface area contributed by atoms with Gasteiger partial charge in [0.15, 0.2) is 11.7 Å². The topological polar surface area (TPSA) is 72.6 Å². The van der Waals surface area contributed by atoms with Gasteiger partial charge in [0.2, 0.25) is 0 Å². The predicted molar refractivity (Wildman–Crippen MR) is 73.3 cm³/mol. The molecule has 0 saturated heterocycles. The molecule has 1 atom stereocenters. The molecule has 0 radical (unpaired) electrons. The summed E-state index contributed by atoms with van der Waals surface area (Å²) in [4.78, 5) is 11.1. The van der Waals surface area contributed by atoms with E-state index in [2.05, 4.69) is 19.0 Å². The molecule has 2 heterocycles. The van der Waals surface area contributed by atoms with E-state index in [0.29, 0.717) is 27.8 Å². The Labute approximate surface area is 120 Å². The minimum atomic E-state index is -1.01. The van der Waals surface area contributed by atoms with Gasteiger partial charge in [-0.3, -0.25) is 0 Å². The van der Waals surface area contributed by atoms with Crippen molar-refractivity contribution in [3.8, 4) is 5.75 Å². The van der Waals surface area contributed by atoms with Crippen LogP contribution < -0.4 is 4.74 Å². The van der Waals surface area contributed by atoms with Gasteiger partial charge in [0.05, 0.1) is 10.7 Å². The van der Waals surface area contributed by atoms with Gasteiger partial charge in [0, 0.05) is 17.4 Å². The first-order valence-corrected chi connectivity index (χ1v) is 6.84. The molecule has 0 spiro atoms. The number of halogens is 1. The number of carboxylic acids is 1. The molecular weight excluding hydrogens is 282 g/mol. The molecule has 1 aromatic heterocycles. The smallest absolute Gasteiger partial charge is 0.345 e. The molecule has 1 aliphatic rings. The highest BCUT2D eigenvalue weighted by molar-refractivity contribution is 6.33. The first-order valence-electron chi connectivity index (χ1n) is 6.46. The standard InChI is InChI=1S/C14H14ClNO4/c1-6(2)3-10-7-4-9(15)13-8(12(7)20-16-10)5-11(19-13)14(17)18/h4,6,11H,3,5H2,1-2H3,(H,17,18). The van der Waals surface area contributed by atoms with Crippen molar-refractivity contribution in [2.24, 2.45) is 5.92 Å². The van der Waals surface area contributed by atoms with Gasteiger partial charge in [0.1, 0.15) is 5.75 Å². The van der Waals surface area contributed by atoms with E-state index in [1.54, 1.807) is 6.07 Å². The number of carbonyl (C=O) groups is 1. The van der Waals surface area contributed by atoms with E-state index in [4.69, 9.17) is 26.0 Å². The largest absolute Gasteiger partial charge is 0.478 e. The fourth-order valence-electron chi connectivity index (χ4n) is 2.49. The van der Waals surface area contributed by atoms with Gasteiger partial charge in [-0.1, -0.05) is 30.6 Å². The van der Waals surface area contributed by atoms with Crippen molar-refractivity contribution in [1.29, 1.82) is 0 Å². The van der Waals surface area contributed by atoms with Gasteiger partial charge >= 0.3 is 5.97 Å². The van der Waals surface area contributed by atoms with E-state index >= 15 is 0 Å². The quantitative estimate of drug-likeness (QED) is 0.942. The number of hydrogen-bond acceptors (Lipinski definition) is 4. The van der Waals surface area contributed by atoms with Crippen LogP contribution in [0.3, 0.4) is 0 Å². The predicted octanol–water partition coefficient (Wildman–Crippen LogP) is 3.07. The molecule has 1 aliphatic heterocycles. The lowest BCUT2D eigenvalue weighted by Crippen LogP contribution is -2.24. The maximum Gasteiger partial charge on any atom is 0.345 e. The van der Waals surface area contributed by atoms with Crippen LogP contribution in [0.15, 0.2) is 10.6 Å². The summed E-state index contributed by atoms with van der Waals surface area (Å²) in [5.74, 6) is -0.163. The van der Waals surface area contributed by atoms with Crippen molar-refractivity contribution in [1.82, 2.24) is 5.16 Å². The Kier molecular flexibility index (Phi) is 3.09. The van der Waals surface area contributed by atoms with E-state index in [1.165, 1.54) is 0 Å². The summed E-state index contributed by atoms with van der Waals surface area (Å²) in [5.41, 5.74) is 2.13. The van der Waals surface area contributed by atoms with Crippen molar-refractivity contribution in [3.05, 3.63) is 22.3 Å². The summed E-state index contributed by atoms with van der Waals surface area (Å²) in [6, 6.07) is 1.74. The SMILES string of the molecule is CC(C)Cc1noc2c3c(c(Cl)cc12)OC(C(=O)O)C3. The summed E-state index contributed by atoms with van der Waals surface area (Å²) in [6.45, 7) is 4.19. The number of fused-ring (bicyclic) bond motifs is 3. The molecule has 6 heteroatoms. The number of aliphatic carboxylic acids is 1. The third kappa shape index (κ3) is 2.02. The van der Waals surface area contributed by atoms with Crippen LogP contribution in [0.4, 0.5) is 0 Å². The lowest BCUT2D eigenvalue weighted by atomic mass is 10.0. The number of benzene rings is 1. The molecule has 0 amide bonds. The van der Waals surface area contributed by atoms with E-state index in [0.717, 1.165) is 17.5 Å². The van der Waals surface area contributed by atoms with E-state index in [1.807, 2.05) is 0 Å². The lowest BCUT2D eigenvalue weighted by Gasteiger charge is -2.05. The van der Waals surface area contributed by atoms with Crippen LogP contribution in [0.2, 0.25) is 5.02 Å². The number of aromatic nitrogens is 1. The van der Waals surface area contributed by atoms with Crippen LogP contribution in [0.5, 0.6) is 5.75 Å². The first-order chi connectivity index (χ1) is 9.47. The molecule has 106 valence electrons. The summed E-state index contributed by atoms with van der Waals surface area (Å²) >= 11 is 6.20. The van der Waals surface area contributed by atoms with Crippen LogP contribution in [-0.4, -0.2) is 22.3 Å². The normalized spacial score (nSPS) is 17.5. The third-order valence-electron chi connectivity index (χ3n) is 3.37. The van der Waals surface area contributed by atoms with Gasteiger partial charge in [-0.05, 0) is 18.4 Å². The Morgan fingerprint density at radius 1 is 1.60 bits per heavy atom. The third-order valence-corrected chi connectivity index (χ3v) is 3.65. The molecule has 20 heavy (non-hydrogen) atoms. The minimum Gasteiger partial charge on any atom is -0.478 e. The highest BCUT2D eigenvalue weighted by Gasteiger charge is 2.34. The molecule has 0 saturated carbocycles. The lowest BCUT2D eigenvalue weighted by molar-refractivity contribution is -0.144. The zero-order valence-corrected chi connectivity index (χ0v) is 11.9. The van der Waals surface area contributed by atoms with E-state index < -0.39 is 12.1 Å². The molecule has 1 N–H and O–H groups in total. The maximum atomic E-state index is 11.1. The highest BCUT2D eigenvalue weighted by atomic mass is 35.5. The Morgan fingerprint density at radius 2 is 2.35 bits per heavy atom. The van der Waals surface area contributed by atoms with Gasteiger partial charge in [-0.15, -0.1) is 0 Å². The summed E-state index contributed by atoms with van der Waals surface area (Å²) in [7, 11) is 0. The molecule has 0 aliphatic carbocycles. The van der Waals surface area contributed by atoms with Crippen molar-refractivity contribution in [2.45, 2.75) is 32.8 Å². The van der Waals surface area contributed by atoms with Gasteiger partial charge in [-0.2, -0.15) is 0 Å². The molecule has 1 unspecified atom stereocenters. The second kappa shape index (κ2) is 4.66. The highest BCUT2D eigenvalue weighted by Crippen LogP contribution is 2.42. The number of carboxylic acid groups (broad SMARTS) is 1. The summed E-state index contributed by atoms with van der Waals surface area (Å²) < 4.78 is 10.8. The number of rotatable bonds is 3. The van der Waals surface area contributed by atoms with Gasteiger partial charge in [-0.25, -0.2) is 4.79 Å². The molecule has 3 rings (SSSR count). The summed E-state index contributed by atoms with van der Waals surface area (Å²) in [5, 5.41) is 14.4. The maximum absolute atomic E-state index is 11.1. The Balaban J connectivity index is 2.12. The minimum absolute atomic E-state index is 0.248. The molecular formula is C14H14ClNO4. The van der Waals surface area contributed by atoms with Gasteiger partial charge in [0.25, 0.3) is 0 Å². The first kappa shape index (κ1) is 13.2. The molecule has 0 fully saturated rings. The average Bonchev–Trinajstić information content (AvgIpc) is 2.94. The van der Waals surface area contributed by atoms with Crippen LogP contribution in [0, 0.1) is 5.92 Å². The Bertz CT molecular complexity index is 692. The Morgan fingerprint density at radius 3 is 3.00 bits per heavy atom. The fourth-order valence-corrected chi connectivity index (χ4v) is 2.76. The van der Waals surface area contributed by atoms with Crippen molar-refractivity contribution < 1.29 is 19.2 Å². The van der Waals surface area contributed by atoms with Crippen molar-refractivity contribution in [3.63, 3.8) is 0 Å². The number of nitrogens with zero attached hydrogens (tertiary/aromatic N) is 1. The average molecular weight is 296 g/mol. The zero-order chi connectivity index (χ0) is 14.4. The fraction of sp³-hybridized carbons (Fsp3) is 0.429. The van der Waals surface area contributed by atoms with Gasteiger partial charge < -0.3 is 14.4 Å². The van der Waals surface area contributed by atoms with Crippen LogP contribution in [0.25, 0.3) is 11.0 Å². The van der Waals surface area contributed by atoms with Crippen molar-refractivity contribution >= 4 is 28.5 Å². The van der Waals surface area contributed by atoms with E-state index in [9.17, 15) is 4.79 Å². The molecule has 0 bridgehead atoms. The van der Waals surface area contributed by atoms with Crippen LogP contribution in [-0.2, 0) is 17.6 Å². The van der Waals surface area contributed by atoms with Crippen LogP contribution in [0.1, 0.15) is 25.1 Å². The van der Waals surface area contributed by atoms with E-state index in [-0.39, 0.29) is 6.42 Å². The molecule has 5 nitrogen and oxygen atoms in total. The second-order valence-electron chi connectivity index (χ2n) is 5.42. The zero-order valence-electron chi connectivity index (χ0n) is 11.1. The monoisotopic (exact) mass is 295 g/mol.